The summed E-state index contributed by atoms with van der Waals surface area (Å²) in [5.41, 5.74) is 2.85. The minimum absolute atomic E-state index is 0.00394. The van der Waals surface area contributed by atoms with Crippen molar-refractivity contribution in [3.05, 3.63) is 52.5 Å². The second-order valence-electron chi connectivity index (χ2n) is 7.46. The smallest absolute Gasteiger partial charge is 0.242 e. The Morgan fingerprint density at radius 2 is 1.48 bits per heavy atom. The fourth-order valence-corrected chi connectivity index (χ4v) is 3.99. The van der Waals surface area contributed by atoms with Crippen LogP contribution in [0.5, 0.6) is 0 Å². The maximum Gasteiger partial charge on any atom is 0.242 e. The summed E-state index contributed by atoms with van der Waals surface area (Å²) < 4.78 is 25.7. The van der Waals surface area contributed by atoms with Crippen LogP contribution in [0.3, 0.4) is 0 Å². The molecule has 2 rings (SSSR count). The van der Waals surface area contributed by atoms with Crippen LogP contribution in [0.2, 0.25) is 5.02 Å². The molecule has 0 aliphatic carbocycles. The zero-order valence-electron chi connectivity index (χ0n) is 18.2. The van der Waals surface area contributed by atoms with Gasteiger partial charge in [0.1, 0.15) is 0 Å². The lowest BCUT2D eigenvalue weighted by molar-refractivity contribution is -0.119. The number of carbonyl (C=O) groups excluding carboxylic acids is 2. The third-order valence-corrected chi connectivity index (χ3v) is 6.70. The zero-order chi connectivity index (χ0) is 23.3. The van der Waals surface area contributed by atoms with Gasteiger partial charge in [0, 0.05) is 19.8 Å². The molecule has 0 aliphatic heterocycles. The van der Waals surface area contributed by atoms with Gasteiger partial charge in [-0.2, -0.15) is 0 Å². The van der Waals surface area contributed by atoms with E-state index in [9.17, 15) is 18.0 Å². The van der Waals surface area contributed by atoms with E-state index < -0.39 is 15.9 Å². The molecule has 0 spiro atoms. The van der Waals surface area contributed by atoms with E-state index in [1.165, 1.54) is 32.3 Å². The molecule has 0 fully saturated rings. The Balaban J connectivity index is 2.00. The Labute approximate surface area is 188 Å². The number of sulfonamides is 1. The minimum atomic E-state index is -3.67. The molecule has 168 valence electrons. The highest BCUT2D eigenvalue weighted by atomic mass is 35.5. The fourth-order valence-electron chi connectivity index (χ4n) is 2.90. The van der Waals surface area contributed by atoms with Crippen LogP contribution in [-0.2, 0) is 19.6 Å². The van der Waals surface area contributed by atoms with Crippen molar-refractivity contribution in [3.8, 4) is 0 Å². The van der Waals surface area contributed by atoms with Crippen LogP contribution >= 0.6 is 11.6 Å². The molecule has 2 aromatic carbocycles. The van der Waals surface area contributed by atoms with E-state index in [1.54, 1.807) is 11.9 Å². The number of amides is 2. The van der Waals surface area contributed by atoms with Crippen LogP contribution < -0.4 is 10.6 Å². The fraction of sp³-hybridized carbons (Fsp3) is 0.333. The Hall–Kier alpha value is -2.46. The van der Waals surface area contributed by atoms with Gasteiger partial charge >= 0.3 is 0 Å². The van der Waals surface area contributed by atoms with Crippen molar-refractivity contribution in [2.24, 2.45) is 0 Å². The molecule has 0 unspecified atom stereocenters. The van der Waals surface area contributed by atoms with Crippen LogP contribution in [0.25, 0.3) is 0 Å². The standard InChI is InChI=1S/C21H27ClN4O4S/c1-14-7-6-8-15(2)21(14)24-20(28)13-26(5)12-19(27)23-18-11-16(9-10-17(18)22)31(29,30)25(3)4/h6-11H,12-13H2,1-5H3,(H,23,27)(H,24,28). The first-order valence-electron chi connectivity index (χ1n) is 9.48. The lowest BCUT2D eigenvalue weighted by Gasteiger charge is -2.18. The van der Waals surface area contributed by atoms with Gasteiger partial charge in [-0.25, -0.2) is 12.7 Å². The van der Waals surface area contributed by atoms with E-state index in [1.807, 2.05) is 32.0 Å². The number of nitrogens with zero attached hydrogens (tertiary/aromatic N) is 2. The van der Waals surface area contributed by atoms with Gasteiger partial charge in [0.15, 0.2) is 0 Å². The molecule has 0 aromatic heterocycles. The number of likely N-dealkylation sites (N-methyl/N-ethyl adjacent to an activating group) is 1. The Morgan fingerprint density at radius 3 is 2.03 bits per heavy atom. The van der Waals surface area contributed by atoms with Gasteiger partial charge in [-0.15, -0.1) is 0 Å². The van der Waals surface area contributed by atoms with Gasteiger partial charge in [0.05, 0.1) is 28.7 Å². The summed E-state index contributed by atoms with van der Waals surface area (Å²) in [6.07, 6.45) is 0. The summed E-state index contributed by atoms with van der Waals surface area (Å²) in [7, 11) is 0.804. The summed E-state index contributed by atoms with van der Waals surface area (Å²) in [6, 6.07) is 9.83. The highest BCUT2D eigenvalue weighted by Gasteiger charge is 2.20. The van der Waals surface area contributed by atoms with E-state index in [-0.39, 0.29) is 34.6 Å². The van der Waals surface area contributed by atoms with Crippen LogP contribution in [0.1, 0.15) is 11.1 Å². The number of aryl methyl sites for hydroxylation is 2. The molecule has 10 heteroatoms. The molecule has 0 saturated heterocycles. The summed E-state index contributed by atoms with van der Waals surface area (Å²) in [5.74, 6) is -0.673. The largest absolute Gasteiger partial charge is 0.324 e. The predicted molar refractivity (Wildman–Crippen MR) is 123 cm³/mol. The van der Waals surface area contributed by atoms with Gasteiger partial charge in [0.2, 0.25) is 21.8 Å². The van der Waals surface area contributed by atoms with E-state index in [2.05, 4.69) is 10.6 Å². The molecule has 0 radical (unpaired) electrons. The summed E-state index contributed by atoms with van der Waals surface area (Å²) in [5, 5.41) is 5.69. The molecule has 0 heterocycles. The molecule has 31 heavy (non-hydrogen) atoms. The Morgan fingerprint density at radius 1 is 0.935 bits per heavy atom. The first-order valence-corrected chi connectivity index (χ1v) is 11.3. The molecule has 2 amide bonds. The molecular weight excluding hydrogens is 440 g/mol. The monoisotopic (exact) mass is 466 g/mol. The van der Waals surface area contributed by atoms with E-state index >= 15 is 0 Å². The summed E-state index contributed by atoms with van der Waals surface area (Å²) in [4.78, 5) is 26.3. The van der Waals surface area contributed by atoms with Gasteiger partial charge in [-0.05, 0) is 50.2 Å². The van der Waals surface area contributed by atoms with E-state index in [4.69, 9.17) is 11.6 Å². The zero-order valence-corrected chi connectivity index (χ0v) is 19.8. The third-order valence-electron chi connectivity index (χ3n) is 4.56. The molecule has 8 nitrogen and oxygen atoms in total. The maximum absolute atomic E-state index is 12.4. The summed E-state index contributed by atoms with van der Waals surface area (Å²) in [6.45, 7) is 3.74. The Kier molecular flexibility index (Phi) is 8.19. The minimum Gasteiger partial charge on any atom is -0.324 e. The molecule has 2 aromatic rings. The lowest BCUT2D eigenvalue weighted by Crippen LogP contribution is -2.36. The van der Waals surface area contributed by atoms with Gasteiger partial charge in [-0.3, -0.25) is 14.5 Å². The molecule has 2 N–H and O–H groups in total. The average Bonchev–Trinajstić information content (AvgIpc) is 2.66. The molecule has 0 bridgehead atoms. The first-order chi connectivity index (χ1) is 14.4. The number of halogens is 1. The topological polar surface area (TPSA) is 98.8 Å². The quantitative estimate of drug-likeness (QED) is 0.623. The predicted octanol–water partition coefficient (Wildman–Crippen LogP) is 2.72. The van der Waals surface area contributed by atoms with Gasteiger partial charge in [-0.1, -0.05) is 29.8 Å². The third kappa shape index (κ3) is 6.51. The first kappa shape index (κ1) is 24.8. The van der Waals surface area contributed by atoms with Crippen molar-refractivity contribution in [1.82, 2.24) is 9.21 Å². The number of nitrogens with one attached hydrogen (secondary N) is 2. The summed E-state index contributed by atoms with van der Waals surface area (Å²) >= 11 is 6.11. The van der Waals surface area contributed by atoms with Gasteiger partial charge in [0.25, 0.3) is 0 Å². The highest BCUT2D eigenvalue weighted by molar-refractivity contribution is 7.89. The normalized spacial score (nSPS) is 11.6. The van der Waals surface area contributed by atoms with Crippen molar-refractivity contribution in [2.75, 3.05) is 44.9 Å². The Bertz CT molecular complexity index is 1070. The number of para-hydroxylation sites is 1. The SMILES string of the molecule is Cc1cccc(C)c1NC(=O)CN(C)CC(=O)Nc1cc(S(=O)(=O)N(C)C)ccc1Cl. The number of rotatable bonds is 8. The highest BCUT2D eigenvalue weighted by Crippen LogP contribution is 2.26. The number of anilines is 2. The number of carbonyl (C=O) groups is 2. The van der Waals surface area contributed by atoms with Crippen molar-refractivity contribution < 1.29 is 18.0 Å². The van der Waals surface area contributed by atoms with Crippen molar-refractivity contribution in [1.29, 1.82) is 0 Å². The van der Waals surface area contributed by atoms with E-state index in [0.717, 1.165) is 21.1 Å². The van der Waals surface area contributed by atoms with Crippen LogP contribution in [-0.4, -0.2) is 63.7 Å². The van der Waals surface area contributed by atoms with Crippen molar-refractivity contribution >= 4 is 44.8 Å². The second-order valence-corrected chi connectivity index (χ2v) is 10.0. The lowest BCUT2D eigenvalue weighted by atomic mass is 10.1. The van der Waals surface area contributed by atoms with Crippen LogP contribution in [0.15, 0.2) is 41.3 Å². The number of hydrogen-bond donors (Lipinski definition) is 2. The van der Waals surface area contributed by atoms with E-state index in [0.29, 0.717) is 0 Å². The molecule has 0 atom stereocenters. The van der Waals surface area contributed by atoms with Gasteiger partial charge < -0.3 is 10.6 Å². The maximum atomic E-state index is 12.4. The van der Waals surface area contributed by atoms with Crippen molar-refractivity contribution in [2.45, 2.75) is 18.7 Å². The number of benzene rings is 2. The average molecular weight is 467 g/mol. The van der Waals surface area contributed by atoms with Crippen LogP contribution in [0, 0.1) is 13.8 Å². The molecular formula is C21H27ClN4O4S. The van der Waals surface area contributed by atoms with Crippen molar-refractivity contribution in [3.63, 3.8) is 0 Å². The second kappa shape index (κ2) is 10.2. The molecule has 0 aliphatic rings. The van der Waals surface area contributed by atoms with Crippen LogP contribution in [0.4, 0.5) is 11.4 Å². The molecule has 0 saturated carbocycles. The number of hydrogen-bond acceptors (Lipinski definition) is 5.